The minimum Gasteiger partial charge on any atom is -0.463 e. The lowest BCUT2D eigenvalue weighted by Gasteiger charge is -2.11. The van der Waals surface area contributed by atoms with Gasteiger partial charge < -0.3 is 18.9 Å². The predicted octanol–water partition coefficient (Wildman–Crippen LogP) is 4.06. The van der Waals surface area contributed by atoms with Crippen molar-refractivity contribution in [2.75, 3.05) is 13.2 Å². The Bertz CT molecular complexity index is 1130. The number of aromatic nitrogens is 2. The number of ether oxygens (including phenoxy) is 1. The van der Waals surface area contributed by atoms with Crippen LogP contribution in [0.5, 0.6) is 0 Å². The van der Waals surface area contributed by atoms with E-state index >= 15 is 0 Å². The Labute approximate surface area is 166 Å². The molecule has 4 aromatic rings. The van der Waals surface area contributed by atoms with Gasteiger partial charge in [-0.2, -0.15) is 0 Å². The first-order chi connectivity index (χ1) is 14.3. The molecule has 0 saturated carbocycles. The summed E-state index contributed by atoms with van der Waals surface area (Å²) in [5, 5.41) is 2.94. The lowest BCUT2D eigenvalue weighted by molar-refractivity contribution is 0.0858. The first-order valence-electron chi connectivity index (χ1n) is 9.57. The van der Waals surface area contributed by atoms with Gasteiger partial charge in [-0.3, -0.25) is 4.79 Å². The van der Waals surface area contributed by atoms with E-state index in [1.54, 1.807) is 42.9 Å². The maximum absolute atomic E-state index is 12.6. The summed E-state index contributed by atoms with van der Waals surface area (Å²) in [6.07, 6.45) is 5.29. The number of amides is 1. The van der Waals surface area contributed by atoms with E-state index in [1.165, 1.54) is 0 Å². The van der Waals surface area contributed by atoms with Crippen molar-refractivity contribution in [1.29, 1.82) is 0 Å². The summed E-state index contributed by atoms with van der Waals surface area (Å²) in [6.45, 7) is 1.28. The summed E-state index contributed by atoms with van der Waals surface area (Å²) >= 11 is 0. The zero-order valence-corrected chi connectivity index (χ0v) is 15.6. The van der Waals surface area contributed by atoms with Crippen LogP contribution < -0.4 is 5.32 Å². The van der Waals surface area contributed by atoms with Crippen LogP contribution in [0.25, 0.3) is 33.9 Å². The lowest BCUT2D eigenvalue weighted by Crippen LogP contribution is -2.31. The maximum atomic E-state index is 12.6. The summed E-state index contributed by atoms with van der Waals surface area (Å²) in [6, 6.07) is 12.5. The van der Waals surface area contributed by atoms with Gasteiger partial charge in [-0.25, -0.2) is 9.97 Å². The number of nitrogens with zero attached hydrogens (tertiary/aromatic N) is 2. The fourth-order valence-corrected chi connectivity index (χ4v) is 3.48. The highest BCUT2D eigenvalue weighted by molar-refractivity contribution is 5.97. The molecule has 1 aliphatic rings. The Morgan fingerprint density at radius 3 is 2.34 bits per heavy atom. The molecule has 1 saturated heterocycles. The highest BCUT2D eigenvalue weighted by atomic mass is 16.5. The Balaban J connectivity index is 1.50. The van der Waals surface area contributed by atoms with E-state index in [-0.39, 0.29) is 12.0 Å². The summed E-state index contributed by atoms with van der Waals surface area (Å²) < 4.78 is 16.6. The molecule has 7 heteroatoms. The second-order valence-corrected chi connectivity index (χ2v) is 6.92. The van der Waals surface area contributed by atoms with Crippen LogP contribution in [-0.4, -0.2) is 35.1 Å². The Kier molecular flexibility index (Phi) is 4.57. The molecule has 1 aliphatic heterocycles. The molecular weight excluding hydrogens is 370 g/mol. The summed E-state index contributed by atoms with van der Waals surface area (Å²) in [7, 11) is 0. The van der Waals surface area contributed by atoms with Crippen LogP contribution in [0.1, 0.15) is 23.2 Å². The van der Waals surface area contributed by atoms with Crippen molar-refractivity contribution in [2.24, 2.45) is 0 Å². The molecule has 0 radical (unpaired) electrons. The first-order valence-corrected chi connectivity index (χ1v) is 9.57. The number of hydrogen-bond donors (Lipinski definition) is 1. The van der Waals surface area contributed by atoms with E-state index in [2.05, 4.69) is 5.32 Å². The molecule has 146 valence electrons. The van der Waals surface area contributed by atoms with Crippen LogP contribution in [0.15, 0.2) is 63.8 Å². The Morgan fingerprint density at radius 2 is 1.72 bits per heavy atom. The second kappa shape index (κ2) is 7.52. The molecule has 5 rings (SSSR count). The highest BCUT2D eigenvalue weighted by Gasteiger charge is 2.19. The van der Waals surface area contributed by atoms with Gasteiger partial charge in [-0.05, 0) is 55.3 Å². The molecule has 1 atom stereocenters. The van der Waals surface area contributed by atoms with Crippen LogP contribution in [0.2, 0.25) is 0 Å². The van der Waals surface area contributed by atoms with Gasteiger partial charge in [0.15, 0.2) is 11.5 Å². The van der Waals surface area contributed by atoms with Crippen molar-refractivity contribution < 1.29 is 18.4 Å². The molecule has 0 spiro atoms. The number of carbonyl (C=O) groups excluding carboxylic acids is 1. The number of benzene rings is 1. The third-order valence-electron chi connectivity index (χ3n) is 4.95. The van der Waals surface area contributed by atoms with E-state index < -0.39 is 0 Å². The van der Waals surface area contributed by atoms with Gasteiger partial charge >= 0.3 is 0 Å². The van der Waals surface area contributed by atoms with Crippen molar-refractivity contribution in [3.05, 3.63) is 60.6 Å². The third kappa shape index (κ3) is 3.52. The number of hydrogen-bond acceptors (Lipinski definition) is 6. The molecule has 1 fully saturated rings. The zero-order valence-electron chi connectivity index (χ0n) is 15.6. The van der Waals surface area contributed by atoms with Crippen LogP contribution in [-0.2, 0) is 4.74 Å². The molecule has 3 aromatic heterocycles. The van der Waals surface area contributed by atoms with Gasteiger partial charge in [0, 0.05) is 18.7 Å². The van der Waals surface area contributed by atoms with Gasteiger partial charge in [-0.15, -0.1) is 0 Å². The molecule has 1 amide bonds. The lowest BCUT2D eigenvalue weighted by atomic mass is 10.1. The molecule has 29 heavy (non-hydrogen) atoms. The smallest absolute Gasteiger partial charge is 0.251 e. The summed E-state index contributed by atoms with van der Waals surface area (Å²) in [4.78, 5) is 22.0. The Morgan fingerprint density at radius 1 is 1.00 bits per heavy atom. The minimum atomic E-state index is -0.154. The van der Waals surface area contributed by atoms with Gasteiger partial charge in [0.2, 0.25) is 0 Å². The number of nitrogens with one attached hydrogen (secondary N) is 1. The van der Waals surface area contributed by atoms with E-state index in [0.29, 0.717) is 46.0 Å². The number of fused-ring (bicyclic) bond motifs is 1. The van der Waals surface area contributed by atoms with E-state index in [0.717, 1.165) is 19.4 Å². The fraction of sp³-hybridized carbons (Fsp3) is 0.227. The SMILES string of the molecule is O=C(NCC1CCCO1)c1ccc2nc(-c3ccco3)c(-c3ccco3)nc2c1. The van der Waals surface area contributed by atoms with Crippen molar-refractivity contribution >= 4 is 16.9 Å². The highest BCUT2D eigenvalue weighted by Crippen LogP contribution is 2.31. The van der Waals surface area contributed by atoms with Crippen molar-refractivity contribution in [3.8, 4) is 22.9 Å². The minimum absolute atomic E-state index is 0.0978. The van der Waals surface area contributed by atoms with Crippen LogP contribution in [0.3, 0.4) is 0 Å². The number of carbonyl (C=O) groups is 1. The van der Waals surface area contributed by atoms with Crippen molar-refractivity contribution in [2.45, 2.75) is 18.9 Å². The van der Waals surface area contributed by atoms with Gasteiger partial charge in [0.1, 0.15) is 11.4 Å². The molecule has 4 heterocycles. The quantitative estimate of drug-likeness (QED) is 0.554. The van der Waals surface area contributed by atoms with E-state index in [1.807, 2.05) is 12.1 Å². The molecule has 1 aromatic carbocycles. The monoisotopic (exact) mass is 389 g/mol. The van der Waals surface area contributed by atoms with Gasteiger partial charge in [0.25, 0.3) is 5.91 Å². The summed E-state index contributed by atoms with van der Waals surface area (Å²) in [5.41, 5.74) is 2.96. The van der Waals surface area contributed by atoms with Crippen LogP contribution >= 0.6 is 0 Å². The van der Waals surface area contributed by atoms with E-state index in [4.69, 9.17) is 23.5 Å². The van der Waals surface area contributed by atoms with Crippen LogP contribution in [0, 0.1) is 0 Å². The number of rotatable bonds is 5. The molecule has 1 N–H and O–H groups in total. The number of furan rings is 2. The normalized spacial score (nSPS) is 16.3. The van der Waals surface area contributed by atoms with Crippen molar-refractivity contribution in [1.82, 2.24) is 15.3 Å². The molecule has 1 unspecified atom stereocenters. The topological polar surface area (TPSA) is 90.4 Å². The van der Waals surface area contributed by atoms with Gasteiger partial charge in [-0.1, -0.05) is 0 Å². The van der Waals surface area contributed by atoms with Crippen molar-refractivity contribution in [3.63, 3.8) is 0 Å². The summed E-state index contributed by atoms with van der Waals surface area (Å²) in [5.74, 6) is 1.03. The molecule has 0 bridgehead atoms. The van der Waals surface area contributed by atoms with Gasteiger partial charge in [0.05, 0.1) is 29.7 Å². The maximum Gasteiger partial charge on any atom is 0.251 e. The largest absolute Gasteiger partial charge is 0.463 e. The first kappa shape index (κ1) is 17.6. The molecule has 0 aliphatic carbocycles. The second-order valence-electron chi connectivity index (χ2n) is 6.92. The fourth-order valence-electron chi connectivity index (χ4n) is 3.48. The Hall–Kier alpha value is -3.45. The predicted molar refractivity (Wildman–Crippen MR) is 106 cm³/mol. The van der Waals surface area contributed by atoms with E-state index in [9.17, 15) is 4.79 Å². The van der Waals surface area contributed by atoms with Crippen LogP contribution in [0.4, 0.5) is 0 Å². The zero-order chi connectivity index (χ0) is 19.6. The average molecular weight is 389 g/mol. The molecule has 7 nitrogen and oxygen atoms in total. The molecular formula is C22H19N3O4. The standard InChI is InChI=1S/C22H19N3O4/c26-22(23-13-15-4-1-9-27-15)14-7-8-16-17(12-14)25-21(19-6-3-11-29-19)20(24-16)18-5-2-10-28-18/h2-3,5-8,10-12,15H,1,4,9,13H2,(H,23,26). The third-order valence-corrected chi connectivity index (χ3v) is 4.95. The average Bonchev–Trinajstić information content (AvgIpc) is 3.53.